The van der Waals surface area contributed by atoms with E-state index in [9.17, 15) is 0 Å². The molecule has 0 atom stereocenters. The normalized spacial score (nSPS) is 10.8. The molecule has 5 heteroatoms. The maximum absolute atomic E-state index is 9.15. The minimum Gasteiger partial charge on any atom is -0.508 e. The van der Waals surface area contributed by atoms with Gasteiger partial charge in [-0.05, 0) is 38.1 Å². The Bertz CT molecular complexity index is 518. The summed E-state index contributed by atoms with van der Waals surface area (Å²) in [6.07, 6.45) is 1.89. The summed E-state index contributed by atoms with van der Waals surface area (Å²) < 4.78 is 7.45. The van der Waals surface area contributed by atoms with Crippen LogP contribution in [0.5, 0.6) is 11.5 Å². The largest absolute Gasteiger partial charge is 0.508 e. The van der Waals surface area contributed by atoms with Crippen molar-refractivity contribution in [2.45, 2.75) is 26.5 Å². The van der Waals surface area contributed by atoms with E-state index < -0.39 is 0 Å². The molecule has 0 aliphatic carbocycles. The fourth-order valence-electron chi connectivity index (χ4n) is 1.64. The first-order chi connectivity index (χ1) is 8.56. The molecule has 1 aromatic heterocycles. The van der Waals surface area contributed by atoms with E-state index in [0.29, 0.717) is 18.3 Å². The summed E-state index contributed by atoms with van der Waals surface area (Å²) >= 11 is 0. The Hall–Kier alpha value is -2.17. The van der Waals surface area contributed by atoms with Gasteiger partial charge in [0.25, 0.3) is 0 Å². The lowest BCUT2D eigenvalue weighted by Gasteiger charge is -2.07. The van der Waals surface area contributed by atoms with E-state index in [2.05, 4.69) is 4.98 Å². The summed E-state index contributed by atoms with van der Waals surface area (Å²) in [7, 11) is 0. The highest BCUT2D eigenvalue weighted by atomic mass is 16.5. The number of hydrogen-bond donors (Lipinski definition) is 2. The predicted molar refractivity (Wildman–Crippen MR) is 69.5 cm³/mol. The number of phenols is 1. The lowest BCUT2D eigenvalue weighted by molar-refractivity contribution is 0.301. The van der Waals surface area contributed by atoms with Crippen molar-refractivity contribution in [3.63, 3.8) is 0 Å². The second-order valence-electron chi connectivity index (χ2n) is 4.37. The van der Waals surface area contributed by atoms with Crippen LogP contribution in [0.1, 0.15) is 25.6 Å². The number of anilines is 1. The molecule has 0 bridgehead atoms. The molecule has 0 radical (unpaired) electrons. The number of hydrogen-bond acceptors (Lipinski definition) is 4. The summed E-state index contributed by atoms with van der Waals surface area (Å²) in [6.45, 7) is 4.44. The van der Waals surface area contributed by atoms with Gasteiger partial charge in [0.05, 0.1) is 5.69 Å². The highest BCUT2D eigenvalue weighted by Crippen LogP contribution is 2.18. The number of nitrogens with two attached hydrogens (primary N) is 1. The second-order valence-corrected chi connectivity index (χ2v) is 4.37. The minimum absolute atomic E-state index is 0.218. The highest BCUT2D eigenvalue weighted by molar-refractivity contribution is 5.30. The van der Waals surface area contributed by atoms with Gasteiger partial charge >= 0.3 is 0 Å². The van der Waals surface area contributed by atoms with Crippen LogP contribution in [0.25, 0.3) is 0 Å². The molecule has 0 unspecified atom stereocenters. The first-order valence-corrected chi connectivity index (χ1v) is 5.81. The summed E-state index contributed by atoms with van der Waals surface area (Å²) in [5.74, 6) is 1.40. The average molecular weight is 247 g/mol. The van der Waals surface area contributed by atoms with Crippen LogP contribution in [0.15, 0.2) is 30.5 Å². The first kappa shape index (κ1) is 12.3. The molecule has 2 rings (SSSR count). The number of ether oxygens (including phenoxy) is 1. The van der Waals surface area contributed by atoms with Crippen LogP contribution >= 0.6 is 0 Å². The van der Waals surface area contributed by atoms with E-state index in [1.807, 2.05) is 24.6 Å². The highest BCUT2D eigenvalue weighted by Gasteiger charge is 2.07. The Morgan fingerprint density at radius 3 is 2.56 bits per heavy atom. The average Bonchev–Trinajstić information content (AvgIpc) is 2.70. The number of rotatable bonds is 4. The topological polar surface area (TPSA) is 73.3 Å². The van der Waals surface area contributed by atoms with Gasteiger partial charge in [0.15, 0.2) is 0 Å². The fraction of sp³-hybridized carbons (Fsp3) is 0.308. The molecule has 0 aliphatic rings. The molecule has 0 spiro atoms. The van der Waals surface area contributed by atoms with E-state index in [0.717, 1.165) is 5.69 Å². The van der Waals surface area contributed by atoms with Gasteiger partial charge in [-0.1, -0.05) is 0 Å². The molecule has 1 heterocycles. The molecule has 5 nitrogen and oxygen atoms in total. The Labute approximate surface area is 106 Å². The van der Waals surface area contributed by atoms with Crippen molar-refractivity contribution in [3.05, 3.63) is 36.2 Å². The van der Waals surface area contributed by atoms with Gasteiger partial charge in [-0.15, -0.1) is 0 Å². The van der Waals surface area contributed by atoms with E-state index in [-0.39, 0.29) is 11.8 Å². The van der Waals surface area contributed by atoms with Crippen LogP contribution < -0.4 is 10.5 Å². The maximum atomic E-state index is 9.15. The standard InChI is InChI=1S/C13H17N3O2/c1-9(2)16-7-10(15-13(16)14)8-18-12-5-3-11(17)4-6-12/h3-7,9,17H,8H2,1-2H3,(H2,14,15). The summed E-state index contributed by atoms with van der Waals surface area (Å²) in [6, 6.07) is 6.85. The summed E-state index contributed by atoms with van der Waals surface area (Å²) in [5.41, 5.74) is 6.58. The molecule has 0 amide bonds. The van der Waals surface area contributed by atoms with Crippen LogP contribution in [0, 0.1) is 0 Å². The van der Waals surface area contributed by atoms with Crippen molar-refractivity contribution in [3.8, 4) is 11.5 Å². The lowest BCUT2D eigenvalue weighted by atomic mass is 10.3. The maximum Gasteiger partial charge on any atom is 0.200 e. The number of nitrogens with zero attached hydrogens (tertiary/aromatic N) is 2. The molecular weight excluding hydrogens is 230 g/mol. The van der Waals surface area contributed by atoms with Gasteiger partial charge in [-0.2, -0.15) is 0 Å². The molecule has 0 saturated carbocycles. The molecule has 96 valence electrons. The number of imidazole rings is 1. The number of aromatic hydroxyl groups is 1. The van der Waals surface area contributed by atoms with E-state index >= 15 is 0 Å². The smallest absolute Gasteiger partial charge is 0.200 e. The van der Waals surface area contributed by atoms with Gasteiger partial charge in [0, 0.05) is 12.2 Å². The zero-order chi connectivity index (χ0) is 13.1. The van der Waals surface area contributed by atoms with Crippen molar-refractivity contribution in [2.75, 3.05) is 5.73 Å². The molecule has 1 aromatic carbocycles. The molecule has 2 aromatic rings. The first-order valence-electron chi connectivity index (χ1n) is 5.81. The Balaban J connectivity index is 2.02. The zero-order valence-corrected chi connectivity index (χ0v) is 10.5. The number of aromatic nitrogens is 2. The van der Waals surface area contributed by atoms with Gasteiger partial charge in [-0.3, -0.25) is 0 Å². The van der Waals surface area contributed by atoms with E-state index in [1.165, 1.54) is 0 Å². The number of phenolic OH excluding ortho intramolecular Hbond substituents is 1. The number of benzene rings is 1. The van der Waals surface area contributed by atoms with E-state index in [1.54, 1.807) is 24.3 Å². The van der Waals surface area contributed by atoms with Crippen molar-refractivity contribution < 1.29 is 9.84 Å². The molecular formula is C13H17N3O2. The monoisotopic (exact) mass is 247 g/mol. The van der Waals surface area contributed by atoms with Crippen LogP contribution in [0.3, 0.4) is 0 Å². The third-order valence-electron chi connectivity index (χ3n) is 2.59. The van der Waals surface area contributed by atoms with Crippen molar-refractivity contribution in [1.29, 1.82) is 0 Å². The minimum atomic E-state index is 0.218. The SMILES string of the molecule is CC(C)n1cc(COc2ccc(O)cc2)nc1N. The van der Waals surface area contributed by atoms with Crippen LogP contribution in [-0.4, -0.2) is 14.7 Å². The summed E-state index contributed by atoms with van der Waals surface area (Å²) in [4.78, 5) is 4.23. The van der Waals surface area contributed by atoms with Gasteiger partial charge < -0.3 is 20.1 Å². The quantitative estimate of drug-likeness (QED) is 0.869. The predicted octanol–water partition coefficient (Wildman–Crippen LogP) is 2.33. The van der Waals surface area contributed by atoms with Crippen molar-refractivity contribution >= 4 is 5.95 Å². The molecule has 0 aliphatic heterocycles. The Morgan fingerprint density at radius 1 is 1.33 bits per heavy atom. The Morgan fingerprint density at radius 2 is 2.00 bits per heavy atom. The van der Waals surface area contributed by atoms with Crippen LogP contribution in [-0.2, 0) is 6.61 Å². The summed E-state index contributed by atoms with van der Waals surface area (Å²) in [5, 5.41) is 9.15. The zero-order valence-electron chi connectivity index (χ0n) is 10.5. The van der Waals surface area contributed by atoms with Crippen LogP contribution in [0.2, 0.25) is 0 Å². The molecule has 0 saturated heterocycles. The molecule has 18 heavy (non-hydrogen) atoms. The van der Waals surface area contributed by atoms with Crippen LogP contribution in [0.4, 0.5) is 5.95 Å². The second kappa shape index (κ2) is 5.00. The van der Waals surface area contributed by atoms with E-state index in [4.69, 9.17) is 15.6 Å². The van der Waals surface area contributed by atoms with Crippen molar-refractivity contribution in [1.82, 2.24) is 9.55 Å². The van der Waals surface area contributed by atoms with Crippen molar-refractivity contribution in [2.24, 2.45) is 0 Å². The van der Waals surface area contributed by atoms with Gasteiger partial charge in [0.2, 0.25) is 5.95 Å². The molecule has 3 N–H and O–H groups in total. The van der Waals surface area contributed by atoms with Gasteiger partial charge in [0.1, 0.15) is 18.1 Å². The third-order valence-corrected chi connectivity index (χ3v) is 2.59. The fourth-order valence-corrected chi connectivity index (χ4v) is 1.64. The number of nitrogen functional groups attached to an aromatic ring is 1. The lowest BCUT2D eigenvalue weighted by Crippen LogP contribution is -2.03. The third kappa shape index (κ3) is 2.74. The van der Waals surface area contributed by atoms with Gasteiger partial charge in [-0.25, -0.2) is 4.98 Å². The molecule has 0 fully saturated rings. The Kier molecular flexibility index (Phi) is 3.41.